The van der Waals surface area contributed by atoms with Crippen LogP contribution in [0.4, 0.5) is 17.3 Å². The summed E-state index contributed by atoms with van der Waals surface area (Å²) in [6.45, 7) is 3.82. The summed E-state index contributed by atoms with van der Waals surface area (Å²) >= 11 is 6.12. The van der Waals surface area contributed by atoms with Crippen molar-refractivity contribution in [1.82, 2.24) is 9.97 Å². The van der Waals surface area contributed by atoms with E-state index in [1.807, 2.05) is 45.2 Å². The Bertz CT molecular complexity index is 569. The molecule has 0 aliphatic carbocycles. The van der Waals surface area contributed by atoms with Crippen LogP contribution in [0.3, 0.4) is 0 Å². The number of hydrogen-bond acceptors (Lipinski definition) is 4. The van der Waals surface area contributed by atoms with Crippen LogP contribution in [-0.2, 0) is 0 Å². The van der Waals surface area contributed by atoms with Crippen molar-refractivity contribution in [1.29, 1.82) is 0 Å². The molecule has 0 aliphatic rings. The molecule has 5 heteroatoms. The summed E-state index contributed by atoms with van der Waals surface area (Å²) in [5.74, 6) is 2.29. The highest BCUT2D eigenvalue weighted by molar-refractivity contribution is 6.33. The van der Waals surface area contributed by atoms with Crippen LogP contribution in [0.15, 0.2) is 24.3 Å². The second-order valence-electron chi connectivity index (χ2n) is 3.95. The quantitative estimate of drug-likeness (QED) is 0.888. The van der Waals surface area contributed by atoms with E-state index in [4.69, 9.17) is 11.6 Å². The van der Waals surface area contributed by atoms with Gasteiger partial charge in [-0.25, -0.2) is 9.97 Å². The lowest BCUT2D eigenvalue weighted by atomic mass is 10.2. The molecule has 4 nitrogen and oxygen atoms in total. The van der Waals surface area contributed by atoms with Gasteiger partial charge in [0.15, 0.2) is 0 Å². The molecule has 0 atom stereocenters. The zero-order valence-corrected chi connectivity index (χ0v) is 11.3. The topological polar surface area (TPSA) is 49.8 Å². The van der Waals surface area contributed by atoms with E-state index in [1.165, 1.54) is 0 Å². The molecule has 0 saturated carbocycles. The summed E-state index contributed by atoms with van der Waals surface area (Å²) in [6.07, 6.45) is 0. The molecule has 0 amide bonds. The highest BCUT2D eigenvalue weighted by atomic mass is 35.5. The average Bonchev–Trinajstić information content (AvgIpc) is 2.36. The van der Waals surface area contributed by atoms with Crippen LogP contribution in [0, 0.1) is 13.8 Å². The number of para-hydroxylation sites is 1. The minimum absolute atomic E-state index is 0.666. The SMILES string of the molecule is CNc1nc(C)nc(Nc2ccccc2Cl)c1C. The van der Waals surface area contributed by atoms with Crippen LogP contribution >= 0.6 is 11.6 Å². The number of aromatic nitrogens is 2. The van der Waals surface area contributed by atoms with E-state index in [2.05, 4.69) is 20.6 Å². The van der Waals surface area contributed by atoms with Gasteiger partial charge in [0.05, 0.1) is 10.7 Å². The van der Waals surface area contributed by atoms with E-state index in [9.17, 15) is 0 Å². The summed E-state index contributed by atoms with van der Waals surface area (Å²) in [5, 5.41) is 6.95. The van der Waals surface area contributed by atoms with Crippen molar-refractivity contribution in [3.05, 3.63) is 40.7 Å². The molecular weight excluding hydrogens is 248 g/mol. The van der Waals surface area contributed by atoms with Crippen LogP contribution in [0.5, 0.6) is 0 Å². The van der Waals surface area contributed by atoms with E-state index in [-0.39, 0.29) is 0 Å². The summed E-state index contributed by atoms with van der Waals surface area (Å²) in [4.78, 5) is 8.72. The average molecular weight is 263 g/mol. The zero-order valence-electron chi connectivity index (χ0n) is 10.6. The van der Waals surface area contributed by atoms with Gasteiger partial charge in [-0.05, 0) is 26.0 Å². The third kappa shape index (κ3) is 2.54. The molecule has 1 heterocycles. The highest BCUT2D eigenvalue weighted by Gasteiger charge is 2.09. The third-order valence-corrected chi connectivity index (χ3v) is 2.95. The first-order valence-electron chi connectivity index (χ1n) is 5.66. The fraction of sp³-hybridized carbons (Fsp3) is 0.231. The molecular formula is C13H15ClN4. The zero-order chi connectivity index (χ0) is 13.1. The number of rotatable bonds is 3. The molecule has 0 bridgehead atoms. The van der Waals surface area contributed by atoms with Gasteiger partial charge in [0.1, 0.15) is 17.5 Å². The van der Waals surface area contributed by atoms with Crippen molar-refractivity contribution in [3.8, 4) is 0 Å². The van der Waals surface area contributed by atoms with Gasteiger partial charge in [-0.1, -0.05) is 23.7 Å². The Hall–Kier alpha value is -1.81. The molecule has 1 aromatic carbocycles. The molecule has 94 valence electrons. The van der Waals surface area contributed by atoms with Crippen molar-refractivity contribution in [2.75, 3.05) is 17.7 Å². The fourth-order valence-electron chi connectivity index (χ4n) is 1.68. The van der Waals surface area contributed by atoms with E-state index < -0.39 is 0 Å². The fourth-order valence-corrected chi connectivity index (χ4v) is 1.87. The number of halogens is 1. The Morgan fingerprint density at radius 1 is 1.06 bits per heavy atom. The minimum atomic E-state index is 0.666. The Morgan fingerprint density at radius 3 is 2.39 bits per heavy atom. The van der Waals surface area contributed by atoms with Crippen molar-refractivity contribution in [3.63, 3.8) is 0 Å². The van der Waals surface area contributed by atoms with Crippen LogP contribution in [-0.4, -0.2) is 17.0 Å². The maximum Gasteiger partial charge on any atom is 0.139 e. The van der Waals surface area contributed by atoms with Crippen LogP contribution < -0.4 is 10.6 Å². The number of aryl methyl sites for hydroxylation is 1. The van der Waals surface area contributed by atoms with Gasteiger partial charge in [-0.3, -0.25) is 0 Å². The lowest BCUT2D eigenvalue weighted by molar-refractivity contribution is 1.04. The second kappa shape index (κ2) is 5.23. The lowest BCUT2D eigenvalue weighted by Gasteiger charge is -2.13. The summed E-state index contributed by atoms with van der Waals surface area (Å²) in [7, 11) is 1.84. The monoisotopic (exact) mass is 262 g/mol. The van der Waals surface area contributed by atoms with Crippen molar-refractivity contribution in [2.24, 2.45) is 0 Å². The van der Waals surface area contributed by atoms with Crippen molar-refractivity contribution >= 4 is 28.9 Å². The van der Waals surface area contributed by atoms with Gasteiger partial charge in [-0.2, -0.15) is 0 Å². The standard InChI is InChI=1S/C13H15ClN4/c1-8-12(15-3)16-9(2)17-13(8)18-11-7-5-4-6-10(11)14/h4-7H,1-3H3,(H2,15,16,17,18). The first kappa shape index (κ1) is 12.6. The molecule has 0 unspecified atom stereocenters. The van der Waals surface area contributed by atoms with Crippen molar-refractivity contribution in [2.45, 2.75) is 13.8 Å². The van der Waals surface area contributed by atoms with Gasteiger partial charge >= 0.3 is 0 Å². The van der Waals surface area contributed by atoms with Gasteiger partial charge < -0.3 is 10.6 Å². The maximum absolute atomic E-state index is 6.12. The molecule has 1 aromatic heterocycles. The first-order chi connectivity index (χ1) is 8.61. The number of anilines is 3. The normalized spacial score (nSPS) is 10.2. The first-order valence-corrected chi connectivity index (χ1v) is 6.04. The van der Waals surface area contributed by atoms with Crippen LogP contribution in [0.1, 0.15) is 11.4 Å². The number of nitrogens with one attached hydrogen (secondary N) is 2. The maximum atomic E-state index is 6.12. The summed E-state index contributed by atoms with van der Waals surface area (Å²) in [5.41, 5.74) is 1.80. The molecule has 0 saturated heterocycles. The van der Waals surface area contributed by atoms with E-state index in [0.717, 1.165) is 22.9 Å². The van der Waals surface area contributed by atoms with Gasteiger partial charge in [0, 0.05) is 12.6 Å². The Morgan fingerprint density at radius 2 is 1.72 bits per heavy atom. The molecule has 0 radical (unpaired) electrons. The predicted molar refractivity (Wildman–Crippen MR) is 75.8 cm³/mol. The summed E-state index contributed by atoms with van der Waals surface area (Å²) in [6, 6.07) is 7.58. The minimum Gasteiger partial charge on any atom is -0.373 e. The predicted octanol–water partition coefficient (Wildman–Crippen LogP) is 3.53. The third-order valence-electron chi connectivity index (χ3n) is 2.62. The van der Waals surface area contributed by atoms with E-state index >= 15 is 0 Å². The summed E-state index contributed by atoms with van der Waals surface area (Å²) < 4.78 is 0. The molecule has 2 rings (SSSR count). The molecule has 0 spiro atoms. The second-order valence-corrected chi connectivity index (χ2v) is 4.36. The van der Waals surface area contributed by atoms with E-state index in [0.29, 0.717) is 10.8 Å². The Balaban J connectivity index is 2.40. The number of nitrogens with zero attached hydrogens (tertiary/aromatic N) is 2. The number of benzene rings is 1. The van der Waals surface area contributed by atoms with Gasteiger partial charge in [0.25, 0.3) is 0 Å². The van der Waals surface area contributed by atoms with Crippen LogP contribution in [0.2, 0.25) is 5.02 Å². The molecule has 2 aromatic rings. The highest BCUT2D eigenvalue weighted by Crippen LogP contribution is 2.27. The van der Waals surface area contributed by atoms with Crippen LogP contribution in [0.25, 0.3) is 0 Å². The largest absolute Gasteiger partial charge is 0.373 e. The van der Waals surface area contributed by atoms with Crippen molar-refractivity contribution < 1.29 is 0 Å². The smallest absolute Gasteiger partial charge is 0.139 e. The molecule has 0 aliphatic heterocycles. The Labute approximate surface area is 111 Å². The lowest BCUT2D eigenvalue weighted by Crippen LogP contribution is -2.05. The van der Waals surface area contributed by atoms with E-state index in [1.54, 1.807) is 0 Å². The molecule has 0 fully saturated rings. The Kier molecular flexibility index (Phi) is 3.67. The van der Waals surface area contributed by atoms with Gasteiger partial charge in [-0.15, -0.1) is 0 Å². The number of hydrogen-bond donors (Lipinski definition) is 2. The molecule has 2 N–H and O–H groups in total. The molecule has 18 heavy (non-hydrogen) atoms. The van der Waals surface area contributed by atoms with Gasteiger partial charge in [0.2, 0.25) is 0 Å².